The normalized spacial score (nSPS) is 24.0. The van der Waals surface area contributed by atoms with Gasteiger partial charge in [-0.3, -0.25) is 0 Å². The van der Waals surface area contributed by atoms with E-state index in [0.717, 1.165) is 12.0 Å². The number of rotatable bonds is 3. The van der Waals surface area contributed by atoms with Crippen molar-refractivity contribution in [3.05, 3.63) is 47.8 Å². The number of allylic oxidation sites excluding steroid dienone is 1. The van der Waals surface area contributed by atoms with E-state index in [1.807, 2.05) is 12.1 Å². The standard InChI is InChI=1S/C16H18FN/c17-11-1-2-13-3-7-15(8-4-13)16-9-5-14(12-18)6-10-16/h1,5-6,9-11,13,15H,2-4,7-8H2/b11-1+. The van der Waals surface area contributed by atoms with Crippen LogP contribution in [0.2, 0.25) is 0 Å². The number of nitrogens with zero attached hydrogens (tertiary/aromatic N) is 1. The van der Waals surface area contributed by atoms with Gasteiger partial charge in [0, 0.05) is 0 Å². The number of benzene rings is 1. The summed E-state index contributed by atoms with van der Waals surface area (Å²) in [5.41, 5.74) is 2.06. The Kier molecular flexibility index (Phi) is 4.52. The maximum Gasteiger partial charge on any atom is 0.0991 e. The second-order valence-electron chi connectivity index (χ2n) is 5.05. The highest BCUT2D eigenvalue weighted by Crippen LogP contribution is 2.37. The molecular weight excluding hydrogens is 225 g/mol. The lowest BCUT2D eigenvalue weighted by atomic mass is 9.77. The summed E-state index contributed by atoms with van der Waals surface area (Å²) >= 11 is 0. The van der Waals surface area contributed by atoms with Crippen LogP contribution < -0.4 is 0 Å². The molecule has 0 heterocycles. The molecule has 1 saturated carbocycles. The van der Waals surface area contributed by atoms with E-state index >= 15 is 0 Å². The lowest BCUT2D eigenvalue weighted by molar-refractivity contribution is 0.327. The van der Waals surface area contributed by atoms with E-state index in [-0.39, 0.29) is 0 Å². The molecule has 0 bridgehead atoms. The topological polar surface area (TPSA) is 23.8 Å². The van der Waals surface area contributed by atoms with E-state index in [1.165, 1.54) is 31.2 Å². The Morgan fingerprint density at radius 2 is 1.83 bits per heavy atom. The molecule has 1 aromatic rings. The molecule has 0 radical (unpaired) electrons. The van der Waals surface area contributed by atoms with Gasteiger partial charge >= 0.3 is 0 Å². The molecule has 1 aliphatic rings. The zero-order chi connectivity index (χ0) is 12.8. The minimum absolute atomic E-state index is 0.614. The monoisotopic (exact) mass is 243 g/mol. The van der Waals surface area contributed by atoms with Gasteiger partial charge in [-0.15, -0.1) is 0 Å². The molecule has 0 aromatic heterocycles. The van der Waals surface area contributed by atoms with Gasteiger partial charge < -0.3 is 0 Å². The third-order valence-electron chi connectivity index (χ3n) is 3.92. The second kappa shape index (κ2) is 6.35. The summed E-state index contributed by atoms with van der Waals surface area (Å²) in [6, 6.07) is 10.1. The summed E-state index contributed by atoms with van der Waals surface area (Å²) in [6.07, 6.45) is 7.87. The molecule has 2 heteroatoms. The van der Waals surface area contributed by atoms with Crippen LogP contribution in [0.15, 0.2) is 36.7 Å². The molecule has 2 rings (SSSR count). The molecule has 0 amide bonds. The molecule has 1 aliphatic carbocycles. The van der Waals surface area contributed by atoms with Crippen LogP contribution in [0.3, 0.4) is 0 Å². The summed E-state index contributed by atoms with van der Waals surface area (Å²) in [5.74, 6) is 1.26. The minimum atomic E-state index is 0.614. The van der Waals surface area contributed by atoms with Crippen LogP contribution in [-0.4, -0.2) is 0 Å². The summed E-state index contributed by atoms with van der Waals surface area (Å²) in [5, 5.41) is 8.77. The fraction of sp³-hybridized carbons (Fsp3) is 0.438. The van der Waals surface area contributed by atoms with Gasteiger partial charge in [-0.2, -0.15) is 5.26 Å². The zero-order valence-corrected chi connectivity index (χ0v) is 10.5. The van der Waals surface area contributed by atoms with E-state index in [2.05, 4.69) is 18.2 Å². The van der Waals surface area contributed by atoms with Crippen molar-refractivity contribution >= 4 is 0 Å². The summed E-state index contributed by atoms with van der Waals surface area (Å²) in [4.78, 5) is 0. The lowest BCUT2D eigenvalue weighted by Gasteiger charge is -2.28. The number of hydrogen-bond acceptors (Lipinski definition) is 1. The van der Waals surface area contributed by atoms with Crippen molar-refractivity contribution in [3.8, 4) is 6.07 Å². The van der Waals surface area contributed by atoms with E-state index in [0.29, 0.717) is 18.2 Å². The van der Waals surface area contributed by atoms with Gasteiger partial charge in [0.25, 0.3) is 0 Å². The first-order valence-electron chi connectivity index (χ1n) is 6.58. The molecule has 0 aliphatic heterocycles. The van der Waals surface area contributed by atoms with Crippen LogP contribution in [0.25, 0.3) is 0 Å². The number of halogens is 1. The third kappa shape index (κ3) is 3.20. The van der Waals surface area contributed by atoms with Gasteiger partial charge in [-0.25, -0.2) is 4.39 Å². The van der Waals surface area contributed by atoms with Crippen molar-refractivity contribution in [2.24, 2.45) is 5.92 Å². The Bertz CT molecular complexity index is 433. The Labute approximate surface area is 108 Å². The lowest BCUT2D eigenvalue weighted by Crippen LogP contribution is -2.12. The van der Waals surface area contributed by atoms with E-state index in [4.69, 9.17) is 5.26 Å². The summed E-state index contributed by atoms with van der Waals surface area (Å²) in [6.45, 7) is 0. The SMILES string of the molecule is N#Cc1ccc(C2CCC(C/C=C/F)CC2)cc1. The van der Waals surface area contributed by atoms with Crippen LogP contribution in [0.1, 0.15) is 49.1 Å². The maximum absolute atomic E-state index is 12.0. The maximum atomic E-state index is 12.0. The molecule has 1 aromatic carbocycles. The first kappa shape index (κ1) is 12.8. The predicted octanol–water partition coefficient (Wildman–Crippen LogP) is 4.71. The largest absolute Gasteiger partial charge is 0.216 e. The van der Waals surface area contributed by atoms with E-state index in [9.17, 15) is 4.39 Å². The molecule has 1 fully saturated rings. The van der Waals surface area contributed by atoms with Crippen LogP contribution in [0.4, 0.5) is 4.39 Å². The van der Waals surface area contributed by atoms with Gasteiger partial charge in [0.15, 0.2) is 0 Å². The first-order valence-corrected chi connectivity index (χ1v) is 6.58. The molecule has 1 nitrogen and oxygen atoms in total. The molecule has 0 atom stereocenters. The Balaban J connectivity index is 1.90. The summed E-state index contributed by atoms with van der Waals surface area (Å²) in [7, 11) is 0. The van der Waals surface area contributed by atoms with Crippen molar-refractivity contribution in [2.75, 3.05) is 0 Å². The Morgan fingerprint density at radius 1 is 1.17 bits per heavy atom. The van der Waals surface area contributed by atoms with Crippen LogP contribution >= 0.6 is 0 Å². The zero-order valence-electron chi connectivity index (χ0n) is 10.5. The highest BCUT2D eigenvalue weighted by Gasteiger charge is 2.21. The van der Waals surface area contributed by atoms with Gasteiger partial charge in [0.05, 0.1) is 18.0 Å². The molecule has 0 N–H and O–H groups in total. The van der Waals surface area contributed by atoms with Gasteiger partial charge in [-0.05, 0) is 61.6 Å². The second-order valence-corrected chi connectivity index (χ2v) is 5.05. The van der Waals surface area contributed by atoms with Gasteiger partial charge in [0.2, 0.25) is 0 Å². The highest BCUT2D eigenvalue weighted by molar-refractivity contribution is 5.33. The molecule has 18 heavy (non-hydrogen) atoms. The Hall–Kier alpha value is -1.62. The smallest absolute Gasteiger partial charge is 0.0991 e. The average Bonchev–Trinajstić information content (AvgIpc) is 2.46. The fourth-order valence-electron chi connectivity index (χ4n) is 2.81. The number of nitriles is 1. The molecule has 0 saturated heterocycles. The van der Waals surface area contributed by atoms with Crippen LogP contribution in [-0.2, 0) is 0 Å². The predicted molar refractivity (Wildman–Crippen MR) is 70.7 cm³/mol. The quantitative estimate of drug-likeness (QED) is 0.754. The third-order valence-corrected chi connectivity index (χ3v) is 3.92. The van der Waals surface area contributed by atoms with Crippen molar-refractivity contribution < 1.29 is 4.39 Å². The molecule has 94 valence electrons. The molecule has 0 unspecified atom stereocenters. The van der Waals surface area contributed by atoms with Crippen LogP contribution in [0.5, 0.6) is 0 Å². The first-order chi connectivity index (χ1) is 8.83. The highest BCUT2D eigenvalue weighted by atomic mass is 19.1. The van der Waals surface area contributed by atoms with Crippen molar-refractivity contribution in [1.29, 1.82) is 5.26 Å². The molecular formula is C16H18FN. The van der Waals surface area contributed by atoms with E-state index < -0.39 is 0 Å². The number of hydrogen-bond donors (Lipinski definition) is 0. The fourth-order valence-corrected chi connectivity index (χ4v) is 2.81. The average molecular weight is 243 g/mol. The van der Waals surface area contributed by atoms with Crippen molar-refractivity contribution in [3.63, 3.8) is 0 Å². The van der Waals surface area contributed by atoms with Crippen molar-refractivity contribution in [2.45, 2.75) is 38.0 Å². The van der Waals surface area contributed by atoms with E-state index in [1.54, 1.807) is 6.08 Å². The van der Waals surface area contributed by atoms with Gasteiger partial charge in [0.1, 0.15) is 0 Å². The minimum Gasteiger partial charge on any atom is -0.216 e. The molecule has 0 spiro atoms. The Morgan fingerprint density at radius 3 is 2.39 bits per heavy atom. The summed E-state index contributed by atoms with van der Waals surface area (Å²) < 4.78 is 12.0. The van der Waals surface area contributed by atoms with Crippen molar-refractivity contribution in [1.82, 2.24) is 0 Å². The van der Waals surface area contributed by atoms with Gasteiger partial charge in [-0.1, -0.05) is 18.2 Å². The van der Waals surface area contributed by atoms with Crippen LogP contribution in [0, 0.1) is 17.2 Å².